The molecule has 0 aliphatic rings. The highest BCUT2D eigenvalue weighted by Gasteiger charge is 2.43. The molecule has 0 fully saturated rings. The van der Waals surface area contributed by atoms with Gasteiger partial charge in [0.25, 0.3) is 0 Å². The standard InChI is InChI=1S/C10H24O6Si/c1-5-13-7-9-15-17(11-3,12-4)16-10-8-14-6-2/h5-10H2,1-4H3. The third kappa shape index (κ3) is 7.82. The van der Waals surface area contributed by atoms with Crippen LogP contribution in [-0.4, -0.2) is 62.9 Å². The van der Waals surface area contributed by atoms with E-state index in [9.17, 15) is 0 Å². The lowest BCUT2D eigenvalue weighted by Crippen LogP contribution is -2.48. The summed E-state index contributed by atoms with van der Waals surface area (Å²) in [5.41, 5.74) is 0. The molecule has 0 rings (SSSR count). The van der Waals surface area contributed by atoms with Crippen LogP contribution in [0.25, 0.3) is 0 Å². The number of rotatable bonds is 12. The Morgan fingerprint density at radius 2 is 1.12 bits per heavy atom. The average molecular weight is 268 g/mol. The molecule has 0 aromatic heterocycles. The van der Waals surface area contributed by atoms with E-state index >= 15 is 0 Å². The first-order chi connectivity index (χ1) is 8.24. The van der Waals surface area contributed by atoms with Gasteiger partial charge in [0.1, 0.15) is 0 Å². The second kappa shape index (κ2) is 11.1. The molecular weight excluding hydrogens is 244 g/mol. The van der Waals surface area contributed by atoms with Crippen LogP contribution in [0.4, 0.5) is 0 Å². The minimum atomic E-state index is -3.00. The Morgan fingerprint density at radius 3 is 1.41 bits per heavy atom. The lowest BCUT2D eigenvalue weighted by atomic mass is 10.8. The summed E-state index contributed by atoms with van der Waals surface area (Å²) in [5.74, 6) is 0. The Bertz CT molecular complexity index is 151. The second-order valence-electron chi connectivity index (χ2n) is 3.00. The van der Waals surface area contributed by atoms with E-state index in [2.05, 4.69) is 0 Å². The summed E-state index contributed by atoms with van der Waals surface area (Å²) in [6.07, 6.45) is 0. The minimum absolute atomic E-state index is 0.385. The van der Waals surface area contributed by atoms with E-state index in [0.29, 0.717) is 39.6 Å². The Balaban J connectivity index is 3.88. The van der Waals surface area contributed by atoms with Crippen molar-refractivity contribution in [3.05, 3.63) is 0 Å². The Labute approximate surface area is 105 Å². The van der Waals surface area contributed by atoms with E-state index in [1.165, 1.54) is 14.2 Å². The van der Waals surface area contributed by atoms with E-state index in [4.69, 9.17) is 27.2 Å². The molecule has 0 saturated heterocycles. The van der Waals surface area contributed by atoms with E-state index in [-0.39, 0.29) is 0 Å². The monoisotopic (exact) mass is 268 g/mol. The molecule has 0 amide bonds. The van der Waals surface area contributed by atoms with Crippen LogP contribution in [0.15, 0.2) is 0 Å². The average Bonchev–Trinajstić information content (AvgIpc) is 2.37. The van der Waals surface area contributed by atoms with Gasteiger partial charge in [0.15, 0.2) is 0 Å². The molecule has 0 saturated carbocycles. The highest BCUT2D eigenvalue weighted by molar-refractivity contribution is 6.53. The van der Waals surface area contributed by atoms with Crippen LogP contribution in [0, 0.1) is 0 Å². The molecule has 0 heterocycles. The maximum Gasteiger partial charge on any atom is 0.679 e. The predicted molar refractivity (Wildman–Crippen MR) is 64.7 cm³/mol. The van der Waals surface area contributed by atoms with Crippen molar-refractivity contribution < 1.29 is 27.2 Å². The molecule has 0 bridgehead atoms. The third-order valence-electron chi connectivity index (χ3n) is 1.92. The molecule has 0 radical (unpaired) electrons. The van der Waals surface area contributed by atoms with Gasteiger partial charge in [-0.3, -0.25) is 0 Å². The highest BCUT2D eigenvalue weighted by Crippen LogP contribution is 2.09. The van der Waals surface area contributed by atoms with Gasteiger partial charge in [-0.1, -0.05) is 0 Å². The molecule has 0 unspecified atom stereocenters. The Kier molecular flexibility index (Phi) is 11.1. The van der Waals surface area contributed by atoms with Crippen molar-refractivity contribution in [3.63, 3.8) is 0 Å². The van der Waals surface area contributed by atoms with Crippen LogP contribution in [0.5, 0.6) is 0 Å². The predicted octanol–water partition coefficient (Wildman–Crippen LogP) is 0.821. The maximum absolute atomic E-state index is 5.50. The fourth-order valence-electron chi connectivity index (χ4n) is 1.10. The van der Waals surface area contributed by atoms with Gasteiger partial charge >= 0.3 is 9.05 Å². The highest BCUT2D eigenvalue weighted by atomic mass is 28.4. The van der Waals surface area contributed by atoms with E-state index in [1.54, 1.807) is 0 Å². The number of hydrogen-bond acceptors (Lipinski definition) is 6. The summed E-state index contributed by atoms with van der Waals surface area (Å²) < 4.78 is 31.8. The minimum Gasteiger partial charge on any atom is -0.379 e. The molecule has 7 heteroatoms. The lowest BCUT2D eigenvalue weighted by Gasteiger charge is -2.24. The fraction of sp³-hybridized carbons (Fsp3) is 1.00. The maximum atomic E-state index is 5.50. The van der Waals surface area contributed by atoms with Crippen LogP contribution >= 0.6 is 0 Å². The fourth-order valence-corrected chi connectivity index (χ4v) is 2.49. The molecule has 0 spiro atoms. The number of ether oxygens (including phenoxy) is 2. The van der Waals surface area contributed by atoms with Crippen molar-refractivity contribution in [2.75, 3.05) is 53.9 Å². The summed E-state index contributed by atoms with van der Waals surface area (Å²) in [7, 11) is 0.0186. The molecule has 0 aromatic rings. The Hall–Kier alpha value is -0.0231. The first-order valence-electron chi connectivity index (χ1n) is 5.78. The SMILES string of the molecule is CCOCCO[Si](OC)(OC)OCCOCC. The molecule has 0 atom stereocenters. The van der Waals surface area contributed by atoms with Gasteiger partial charge in [0.05, 0.1) is 26.4 Å². The first-order valence-corrected chi connectivity index (χ1v) is 7.41. The van der Waals surface area contributed by atoms with E-state index in [0.717, 1.165) is 0 Å². The van der Waals surface area contributed by atoms with Crippen LogP contribution in [-0.2, 0) is 27.2 Å². The van der Waals surface area contributed by atoms with Gasteiger partial charge in [-0.2, -0.15) is 0 Å². The molecule has 0 aliphatic heterocycles. The third-order valence-corrected chi connectivity index (χ3v) is 4.04. The smallest absolute Gasteiger partial charge is 0.379 e. The van der Waals surface area contributed by atoms with Crippen LogP contribution < -0.4 is 0 Å². The largest absolute Gasteiger partial charge is 0.679 e. The van der Waals surface area contributed by atoms with Crippen molar-refractivity contribution in [1.82, 2.24) is 0 Å². The van der Waals surface area contributed by atoms with Crippen molar-refractivity contribution in [3.8, 4) is 0 Å². The molecular formula is C10H24O6Si. The van der Waals surface area contributed by atoms with Crippen molar-refractivity contribution in [2.24, 2.45) is 0 Å². The summed E-state index contributed by atoms with van der Waals surface area (Å²) in [6, 6.07) is 0. The second-order valence-corrected chi connectivity index (χ2v) is 5.39. The molecule has 17 heavy (non-hydrogen) atoms. The molecule has 0 N–H and O–H groups in total. The van der Waals surface area contributed by atoms with E-state index < -0.39 is 9.05 Å². The van der Waals surface area contributed by atoms with Crippen LogP contribution in [0.3, 0.4) is 0 Å². The molecule has 0 aliphatic carbocycles. The number of hydrogen-bond donors (Lipinski definition) is 0. The quantitative estimate of drug-likeness (QED) is 0.386. The zero-order valence-corrected chi connectivity index (χ0v) is 12.2. The van der Waals surface area contributed by atoms with Gasteiger partial charge in [-0.15, -0.1) is 0 Å². The summed E-state index contributed by atoms with van der Waals surface area (Å²) in [6.45, 7) is 6.92. The van der Waals surface area contributed by atoms with Crippen molar-refractivity contribution >= 4 is 9.05 Å². The normalized spacial score (nSPS) is 12.0. The zero-order valence-electron chi connectivity index (χ0n) is 11.2. The topological polar surface area (TPSA) is 55.4 Å². The van der Waals surface area contributed by atoms with Gasteiger partial charge in [0, 0.05) is 27.4 Å². The van der Waals surface area contributed by atoms with Crippen molar-refractivity contribution in [2.45, 2.75) is 13.8 Å². The zero-order chi connectivity index (χ0) is 13.0. The molecule has 0 aromatic carbocycles. The summed E-state index contributed by atoms with van der Waals surface area (Å²) in [4.78, 5) is 0. The van der Waals surface area contributed by atoms with Crippen LogP contribution in [0.2, 0.25) is 0 Å². The molecule has 104 valence electrons. The summed E-state index contributed by atoms with van der Waals surface area (Å²) in [5, 5.41) is 0. The lowest BCUT2D eigenvalue weighted by molar-refractivity contribution is -0.0335. The Morgan fingerprint density at radius 1 is 0.706 bits per heavy atom. The summed E-state index contributed by atoms with van der Waals surface area (Å²) >= 11 is 0. The van der Waals surface area contributed by atoms with Crippen molar-refractivity contribution in [1.29, 1.82) is 0 Å². The van der Waals surface area contributed by atoms with Gasteiger partial charge in [-0.25, -0.2) is 0 Å². The van der Waals surface area contributed by atoms with Crippen LogP contribution in [0.1, 0.15) is 13.8 Å². The van der Waals surface area contributed by atoms with Gasteiger partial charge in [0.2, 0.25) is 0 Å². The molecule has 6 nitrogen and oxygen atoms in total. The van der Waals surface area contributed by atoms with Gasteiger partial charge < -0.3 is 27.2 Å². The van der Waals surface area contributed by atoms with E-state index in [1.807, 2.05) is 13.8 Å². The first kappa shape index (κ1) is 17.0. The van der Waals surface area contributed by atoms with Gasteiger partial charge in [-0.05, 0) is 13.8 Å².